The molecule has 0 aromatic heterocycles. The first-order valence-electron chi connectivity index (χ1n) is 3.41. The second-order valence-electron chi connectivity index (χ2n) is 2.25. The molecule has 4 nitrogen and oxygen atoms in total. The van der Waals surface area contributed by atoms with Crippen molar-refractivity contribution in [3.8, 4) is 5.75 Å². The minimum atomic E-state index is -2.65. The van der Waals surface area contributed by atoms with Crippen LogP contribution in [0.3, 0.4) is 0 Å². The molecule has 1 aromatic carbocycles. The van der Waals surface area contributed by atoms with Gasteiger partial charge in [0, 0.05) is 4.90 Å². The summed E-state index contributed by atoms with van der Waals surface area (Å²) >= 11 is 1.36. The predicted molar refractivity (Wildman–Crippen MR) is 53.8 cm³/mol. The zero-order chi connectivity index (χ0) is 9.84. The number of phenolic OH excluding ortho intramolecular Hbond substituents is 1. The third-order valence-electron chi connectivity index (χ3n) is 1.40. The van der Waals surface area contributed by atoms with Gasteiger partial charge in [-0.3, -0.25) is 4.72 Å². The summed E-state index contributed by atoms with van der Waals surface area (Å²) in [7, 11) is -2.65. The van der Waals surface area contributed by atoms with Gasteiger partial charge in [-0.15, -0.1) is 11.8 Å². The lowest BCUT2D eigenvalue weighted by Gasteiger charge is -2.05. The van der Waals surface area contributed by atoms with Crippen LogP contribution >= 0.6 is 11.8 Å². The maximum atomic E-state index is 10.4. The van der Waals surface area contributed by atoms with Crippen LogP contribution in [0, 0.1) is 0 Å². The van der Waals surface area contributed by atoms with Crippen LogP contribution in [0.2, 0.25) is 0 Å². The quantitative estimate of drug-likeness (QED) is 0.404. The van der Waals surface area contributed by atoms with Crippen LogP contribution in [0.15, 0.2) is 23.1 Å². The molecule has 1 aromatic rings. The monoisotopic (exact) mass is 219 g/mol. The van der Waals surface area contributed by atoms with Gasteiger partial charge in [-0.1, -0.05) is 0 Å². The highest BCUT2D eigenvalue weighted by atomic mass is 32.2. The number of anilines is 1. The maximum Gasteiger partial charge on any atom is 0.222 e. The molecule has 0 radical (unpaired) electrons. The number of rotatable bonds is 3. The number of hydrogen-bond acceptors (Lipinski definition) is 4. The lowest BCUT2D eigenvalue weighted by atomic mass is 10.3. The van der Waals surface area contributed by atoms with E-state index in [0.717, 1.165) is 0 Å². The van der Waals surface area contributed by atoms with Crippen LogP contribution in [0.1, 0.15) is 0 Å². The molecule has 6 heteroatoms. The molecule has 13 heavy (non-hydrogen) atoms. The van der Waals surface area contributed by atoms with E-state index < -0.39 is 10.9 Å². The molecule has 0 aliphatic carbocycles. The van der Waals surface area contributed by atoms with Gasteiger partial charge in [-0.25, -0.2) is 8.42 Å². The number of thiol groups is 1. The maximum absolute atomic E-state index is 10.4. The fourth-order valence-electron chi connectivity index (χ4n) is 0.871. The van der Waals surface area contributed by atoms with E-state index in [1.54, 1.807) is 6.26 Å². The first-order chi connectivity index (χ1) is 6.13. The smallest absolute Gasteiger partial charge is 0.222 e. The van der Waals surface area contributed by atoms with Crippen LogP contribution < -0.4 is 4.72 Å². The van der Waals surface area contributed by atoms with Crippen molar-refractivity contribution >= 4 is 28.3 Å². The van der Waals surface area contributed by atoms with E-state index in [2.05, 4.69) is 4.72 Å². The van der Waals surface area contributed by atoms with Gasteiger partial charge in [0.2, 0.25) is 10.9 Å². The summed E-state index contributed by atoms with van der Waals surface area (Å²) in [6, 6.07) is 4.46. The van der Waals surface area contributed by atoms with E-state index in [1.807, 2.05) is 0 Å². The molecule has 0 saturated heterocycles. The largest absolute Gasteiger partial charge is 0.508 e. The first kappa shape index (κ1) is 10.2. The summed E-state index contributed by atoms with van der Waals surface area (Å²) in [6.45, 7) is 0. The Labute approximate surface area is 82.1 Å². The van der Waals surface area contributed by atoms with Crippen LogP contribution in [0.5, 0.6) is 5.75 Å². The molecule has 0 fully saturated rings. The van der Waals surface area contributed by atoms with E-state index >= 15 is 0 Å². The van der Waals surface area contributed by atoms with Gasteiger partial charge in [-0.2, -0.15) is 0 Å². The second kappa shape index (κ2) is 4.38. The van der Waals surface area contributed by atoms with Gasteiger partial charge < -0.3 is 5.11 Å². The van der Waals surface area contributed by atoms with Gasteiger partial charge in [-0.05, 0) is 24.5 Å². The molecule has 0 heterocycles. The average Bonchev–Trinajstić information content (AvgIpc) is 2.07. The normalized spacial score (nSPS) is 10.3. The van der Waals surface area contributed by atoms with Crippen molar-refractivity contribution in [2.24, 2.45) is 0 Å². The molecule has 0 aliphatic heterocycles. The van der Waals surface area contributed by atoms with Gasteiger partial charge in [0.25, 0.3) is 0 Å². The lowest BCUT2D eigenvalue weighted by Crippen LogP contribution is -1.95. The van der Waals surface area contributed by atoms with Crippen molar-refractivity contribution in [1.29, 1.82) is 0 Å². The molecular weight excluding hydrogens is 210 g/mol. The number of hydrogen-bond donors (Lipinski definition) is 3. The Morgan fingerprint density at radius 1 is 1.46 bits per heavy atom. The third kappa shape index (κ3) is 2.82. The summed E-state index contributed by atoms with van der Waals surface area (Å²) in [4.78, 5) is 0.694. The van der Waals surface area contributed by atoms with E-state index in [0.29, 0.717) is 10.6 Å². The van der Waals surface area contributed by atoms with Gasteiger partial charge in [0.1, 0.15) is 5.75 Å². The van der Waals surface area contributed by atoms with Crippen molar-refractivity contribution in [1.82, 2.24) is 0 Å². The number of thioether (sulfide) groups is 1. The Balaban J connectivity index is 3.05. The Hall–Kier alpha value is -0.880. The van der Waals surface area contributed by atoms with Crippen molar-refractivity contribution < 1.29 is 13.5 Å². The van der Waals surface area contributed by atoms with Gasteiger partial charge >= 0.3 is 0 Å². The van der Waals surface area contributed by atoms with Crippen LogP contribution in [-0.4, -0.2) is 19.8 Å². The predicted octanol–water partition coefficient (Wildman–Crippen LogP) is 1.05. The highest BCUT2D eigenvalue weighted by molar-refractivity contribution is 7.98. The lowest BCUT2D eigenvalue weighted by molar-refractivity contribution is 0.474. The molecule has 0 unspecified atom stereocenters. The molecule has 72 valence electrons. The van der Waals surface area contributed by atoms with E-state index in [-0.39, 0.29) is 5.75 Å². The standard InChI is InChI=1S/C7H9NO3S2/c1-12-7-4-5(9)2-3-6(7)8-13(10)11/h2-4,9,13H,1H3,(H,8,10,11). The molecule has 2 N–H and O–H groups in total. The minimum Gasteiger partial charge on any atom is -0.508 e. The van der Waals surface area contributed by atoms with Crippen LogP contribution in [0.25, 0.3) is 0 Å². The van der Waals surface area contributed by atoms with E-state index in [1.165, 1.54) is 30.0 Å². The van der Waals surface area contributed by atoms with E-state index in [9.17, 15) is 8.42 Å². The molecule has 0 spiro atoms. The Bertz CT molecular complexity index is 368. The summed E-state index contributed by atoms with van der Waals surface area (Å²) in [5.41, 5.74) is 0.487. The Kier molecular flexibility index (Phi) is 3.44. The second-order valence-corrected chi connectivity index (χ2v) is 3.84. The summed E-state index contributed by atoms with van der Waals surface area (Å²) in [5.74, 6) is 0.121. The van der Waals surface area contributed by atoms with Crippen LogP contribution in [-0.2, 0) is 10.9 Å². The highest BCUT2D eigenvalue weighted by Gasteiger charge is 2.02. The van der Waals surface area contributed by atoms with Crippen molar-refractivity contribution in [2.75, 3.05) is 11.0 Å². The van der Waals surface area contributed by atoms with Crippen molar-refractivity contribution in [3.63, 3.8) is 0 Å². The molecule has 0 bridgehead atoms. The van der Waals surface area contributed by atoms with Crippen LogP contribution in [0.4, 0.5) is 5.69 Å². The number of aromatic hydroxyl groups is 1. The topological polar surface area (TPSA) is 66.4 Å². The molecule has 0 atom stereocenters. The fraction of sp³-hybridized carbons (Fsp3) is 0.143. The van der Waals surface area contributed by atoms with Gasteiger partial charge in [0.05, 0.1) is 5.69 Å². The Morgan fingerprint density at radius 2 is 2.15 bits per heavy atom. The molecular formula is C7H9NO3S2. The summed E-state index contributed by atoms with van der Waals surface area (Å²) in [6.07, 6.45) is 1.80. The molecule has 0 saturated carbocycles. The summed E-state index contributed by atoms with van der Waals surface area (Å²) in [5, 5.41) is 9.11. The van der Waals surface area contributed by atoms with Gasteiger partial charge in [0.15, 0.2) is 0 Å². The van der Waals surface area contributed by atoms with Crippen molar-refractivity contribution in [2.45, 2.75) is 4.90 Å². The number of phenols is 1. The summed E-state index contributed by atoms with van der Waals surface area (Å²) < 4.78 is 23.0. The number of benzene rings is 1. The first-order valence-corrected chi connectivity index (χ1v) is 5.82. The van der Waals surface area contributed by atoms with E-state index in [4.69, 9.17) is 5.11 Å². The zero-order valence-electron chi connectivity index (χ0n) is 6.85. The SMILES string of the molecule is CSc1cc(O)ccc1N[SH](=O)=O. The molecule has 0 amide bonds. The molecule has 0 aliphatic rings. The Morgan fingerprint density at radius 3 is 2.69 bits per heavy atom. The highest BCUT2D eigenvalue weighted by Crippen LogP contribution is 2.28. The third-order valence-corrected chi connectivity index (χ3v) is 2.60. The number of nitrogens with one attached hydrogen (secondary N) is 1. The van der Waals surface area contributed by atoms with Crippen molar-refractivity contribution in [3.05, 3.63) is 18.2 Å². The average molecular weight is 219 g/mol. The molecule has 1 rings (SSSR count). The fourth-order valence-corrected chi connectivity index (χ4v) is 1.92. The zero-order valence-corrected chi connectivity index (χ0v) is 8.56. The minimum absolute atomic E-state index is 0.121.